The number of fused-ring (bicyclic) bond motifs is 2. The molecule has 0 aliphatic carbocycles. The summed E-state index contributed by atoms with van der Waals surface area (Å²) >= 11 is 1.45. The molecule has 1 saturated heterocycles. The van der Waals surface area contributed by atoms with Crippen molar-refractivity contribution in [1.82, 2.24) is 19.9 Å². The summed E-state index contributed by atoms with van der Waals surface area (Å²) < 4.78 is 0. The van der Waals surface area contributed by atoms with Crippen LogP contribution in [0.25, 0.3) is 21.8 Å². The van der Waals surface area contributed by atoms with Crippen molar-refractivity contribution < 1.29 is 4.79 Å². The minimum Gasteiger partial charge on any atom is -0.356 e. The summed E-state index contributed by atoms with van der Waals surface area (Å²) in [4.78, 5) is 37.0. The first-order valence-corrected chi connectivity index (χ1v) is 14.6. The Hall–Kier alpha value is -4.41. The number of carbonyl (C=O) groups is 1. The van der Waals surface area contributed by atoms with E-state index in [1.807, 2.05) is 50.0 Å². The second-order valence-corrected chi connectivity index (χ2v) is 11.7. The van der Waals surface area contributed by atoms with E-state index in [-0.39, 0.29) is 5.78 Å². The van der Waals surface area contributed by atoms with Crippen LogP contribution in [-0.2, 0) is 6.54 Å². The molecule has 0 spiro atoms. The van der Waals surface area contributed by atoms with E-state index in [4.69, 9.17) is 9.98 Å². The molecule has 1 fully saturated rings. The second kappa shape index (κ2) is 10.5. The molecule has 41 heavy (non-hydrogen) atoms. The number of pyridine rings is 3. The lowest BCUT2D eigenvalue weighted by molar-refractivity contribution is 0.102. The third-order valence-electron chi connectivity index (χ3n) is 7.71. The molecule has 0 unspecified atom stereocenters. The van der Waals surface area contributed by atoms with E-state index >= 15 is 0 Å². The van der Waals surface area contributed by atoms with Gasteiger partial charge in [0.15, 0.2) is 5.78 Å². The molecule has 0 amide bonds. The summed E-state index contributed by atoms with van der Waals surface area (Å²) in [5.74, 6) is 0.0567. The van der Waals surface area contributed by atoms with Crippen molar-refractivity contribution >= 4 is 39.9 Å². The fourth-order valence-electron chi connectivity index (χ4n) is 5.59. The Bertz CT molecular complexity index is 1720. The fraction of sp³-hybridized carbons (Fsp3) is 0.258. The van der Waals surface area contributed by atoms with E-state index in [1.54, 1.807) is 13.1 Å². The summed E-state index contributed by atoms with van der Waals surface area (Å²) in [6, 6.07) is 10.1. The standard InChI is InChI=1S/C31H30N8OS/c1-19(40)27-5-6-28(41-27)31-30-23(7-8-33-31)37-25(15-35-30)29-22-12-24(34-16-26(22)38(2)18-36-29)21-11-20(13-32-14-21)17-39-9-3-4-10-39/h5-8,11-16,35,37H,3-4,9-10,17-18H2,1-2H3. The number of ketones is 1. The highest BCUT2D eigenvalue weighted by Crippen LogP contribution is 2.40. The maximum Gasteiger partial charge on any atom is 0.169 e. The predicted octanol–water partition coefficient (Wildman–Crippen LogP) is 5.64. The van der Waals surface area contributed by atoms with Gasteiger partial charge in [0.05, 0.1) is 50.1 Å². The summed E-state index contributed by atoms with van der Waals surface area (Å²) in [5.41, 5.74) is 9.45. The molecule has 7 heterocycles. The first-order chi connectivity index (χ1) is 20.0. The molecule has 0 aromatic carbocycles. The monoisotopic (exact) mass is 562 g/mol. The number of hydrogen-bond donors (Lipinski definition) is 2. The van der Waals surface area contributed by atoms with Crippen LogP contribution in [0.3, 0.4) is 0 Å². The lowest BCUT2D eigenvalue weighted by atomic mass is 10.0. The Morgan fingerprint density at radius 2 is 1.95 bits per heavy atom. The number of hydrogen-bond acceptors (Lipinski definition) is 10. The maximum absolute atomic E-state index is 11.8. The smallest absolute Gasteiger partial charge is 0.169 e. The van der Waals surface area contributed by atoms with Gasteiger partial charge in [-0.3, -0.25) is 29.6 Å². The zero-order chi connectivity index (χ0) is 27.9. The molecular weight excluding hydrogens is 532 g/mol. The van der Waals surface area contributed by atoms with Crippen LogP contribution < -0.4 is 15.5 Å². The number of aromatic nitrogens is 3. The molecule has 9 nitrogen and oxygen atoms in total. The number of rotatable bonds is 6. The quantitative estimate of drug-likeness (QED) is 0.291. The topological polar surface area (TPSA) is 98.6 Å². The molecule has 0 saturated carbocycles. The molecule has 4 aromatic heterocycles. The Morgan fingerprint density at radius 1 is 1.07 bits per heavy atom. The Kier molecular flexibility index (Phi) is 6.56. The van der Waals surface area contributed by atoms with Crippen molar-refractivity contribution in [1.29, 1.82) is 0 Å². The van der Waals surface area contributed by atoms with E-state index in [9.17, 15) is 4.79 Å². The van der Waals surface area contributed by atoms with Gasteiger partial charge in [-0.1, -0.05) is 0 Å². The molecule has 206 valence electrons. The van der Waals surface area contributed by atoms with E-state index in [0.717, 1.165) is 80.4 Å². The van der Waals surface area contributed by atoms with Gasteiger partial charge < -0.3 is 15.5 Å². The van der Waals surface area contributed by atoms with Crippen molar-refractivity contribution in [3.05, 3.63) is 83.0 Å². The second-order valence-electron chi connectivity index (χ2n) is 10.6. The number of nitrogens with zero attached hydrogens (tertiary/aromatic N) is 6. The molecule has 3 aliphatic rings. The molecule has 2 N–H and O–H groups in total. The number of anilines is 3. The number of likely N-dealkylation sites (tertiary alicyclic amines) is 1. The van der Waals surface area contributed by atoms with E-state index < -0.39 is 0 Å². The maximum atomic E-state index is 11.8. The lowest BCUT2D eigenvalue weighted by Gasteiger charge is -2.29. The number of nitrogens with one attached hydrogen (secondary N) is 2. The minimum atomic E-state index is 0.0567. The zero-order valence-corrected chi connectivity index (χ0v) is 23.8. The van der Waals surface area contributed by atoms with Crippen molar-refractivity contribution in [3.8, 4) is 21.8 Å². The average molecular weight is 563 g/mol. The van der Waals surface area contributed by atoms with Crippen LogP contribution in [0.4, 0.5) is 17.1 Å². The first-order valence-electron chi connectivity index (χ1n) is 13.8. The largest absolute Gasteiger partial charge is 0.356 e. The van der Waals surface area contributed by atoms with Gasteiger partial charge in [-0.25, -0.2) is 0 Å². The number of aliphatic imine (C=N–C) groups is 1. The van der Waals surface area contributed by atoms with Crippen molar-refractivity contribution in [3.63, 3.8) is 0 Å². The molecule has 7 rings (SSSR count). The van der Waals surface area contributed by atoms with Crippen LogP contribution in [0.1, 0.15) is 40.6 Å². The highest BCUT2D eigenvalue weighted by atomic mass is 32.1. The van der Waals surface area contributed by atoms with E-state index in [1.165, 1.54) is 29.7 Å². The summed E-state index contributed by atoms with van der Waals surface area (Å²) in [6.45, 7) is 5.34. The van der Waals surface area contributed by atoms with Crippen LogP contribution in [0.5, 0.6) is 0 Å². The van der Waals surface area contributed by atoms with Gasteiger partial charge in [0.25, 0.3) is 0 Å². The lowest BCUT2D eigenvalue weighted by Crippen LogP contribution is -2.29. The van der Waals surface area contributed by atoms with Crippen LogP contribution in [-0.4, -0.2) is 58.2 Å². The average Bonchev–Trinajstić information content (AvgIpc) is 3.70. The Morgan fingerprint density at radius 3 is 2.78 bits per heavy atom. The molecule has 0 bridgehead atoms. The van der Waals surface area contributed by atoms with Gasteiger partial charge >= 0.3 is 0 Å². The molecular formula is C31H30N8OS. The zero-order valence-electron chi connectivity index (χ0n) is 23.0. The molecule has 3 aliphatic heterocycles. The Balaban J connectivity index is 1.19. The van der Waals surface area contributed by atoms with Gasteiger partial charge in [-0.05, 0) is 68.8 Å². The summed E-state index contributed by atoms with van der Waals surface area (Å²) in [5, 5.41) is 7.04. The van der Waals surface area contributed by atoms with Crippen LogP contribution in [0, 0.1) is 0 Å². The SMILES string of the molecule is CC(=O)c1ccc(-c2nccc3c2NC=C(C2=NCN(C)c4cnc(-c5cncc(CN6CCCC6)c5)cc42)N3)s1. The molecule has 4 aromatic rings. The highest BCUT2D eigenvalue weighted by molar-refractivity contribution is 7.17. The summed E-state index contributed by atoms with van der Waals surface area (Å²) in [6.07, 6.45) is 12.0. The van der Waals surface area contributed by atoms with Gasteiger partial charge in [-0.15, -0.1) is 11.3 Å². The van der Waals surface area contributed by atoms with Gasteiger partial charge in [0, 0.05) is 49.5 Å². The molecule has 0 atom stereocenters. The third kappa shape index (κ3) is 4.89. The van der Waals surface area contributed by atoms with E-state index in [2.05, 4.69) is 42.5 Å². The fourth-order valence-corrected chi connectivity index (χ4v) is 6.49. The molecule has 0 radical (unpaired) electrons. The number of allylic oxidation sites excluding steroid dienone is 1. The number of carbonyl (C=O) groups excluding carboxylic acids is 1. The normalized spacial score (nSPS) is 16.3. The highest BCUT2D eigenvalue weighted by Gasteiger charge is 2.26. The number of thiophene rings is 1. The van der Waals surface area contributed by atoms with Gasteiger partial charge in [0.1, 0.15) is 12.4 Å². The third-order valence-corrected chi connectivity index (χ3v) is 8.90. The van der Waals surface area contributed by atoms with E-state index in [0.29, 0.717) is 6.67 Å². The van der Waals surface area contributed by atoms with Crippen molar-refractivity contribution in [2.24, 2.45) is 4.99 Å². The van der Waals surface area contributed by atoms with Crippen LogP contribution >= 0.6 is 11.3 Å². The first kappa shape index (κ1) is 25.6. The Labute approximate surface area is 242 Å². The summed E-state index contributed by atoms with van der Waals surface area (Å²) in [7, 11) is 2.03. The minimum absolute atomic E-state index is 0.0567. The molecule has 10 heteroatoms. The van der Waals surface area contributed by atoms with Crippen LogP contribution in [0.2, 0.25) is 0 Å². The van der Waals surface area contributed by atoms with Crippen molar-refractivity contribution in [2.75, 3.05) is 42.3 Å². The van der Waals surface area contributed by atoms with Crippen molar-refractivity contribution in [2.45, 2.75) is 26.3 Å². The van der Waals surface area contributed by atoms with Gasteiger partial charge in [0.2, 0.25) is 0 Å². The number of Topliss-reactive ketones (excluding diaryl/α,β-unsaturated/α-hetero) is 1. The van der Waals surface area contributed by atoms with Crippen LogP contribution in [0.15, 0.2) is 72.0 Å². The predicted molar refractivity (Wildman–Crippen MR) is 165 cm³/mol. The van der Waals surface area contributed by atoms with Gasteiger partial charge in [-0.2, -0.15) is 0 Å².